The quantitative estimate of drug-likeness (QED) is 0.741. The third-order valence-electron chi connectivity index (χ3n) is 6.43. The van der Waals surface area contributed by atoms with E-state index in [4.69, 9.17) is 0 Å². The SMILES string of the molecule is CCNC1CCC(C(C)(C)CC)CC1N(C)C(C)C(C)C. The van der Waals surface area contributed by atoms with Crippen molar-refractivity contribution in [1.82, 2.24) is 10.2 Å². The van der Waals surface area contributed by atoms with Crippen molar-refractivity contribution in [2.75, 3.05) is 13.6 Å². The fourth-order valence-electron chi connectivity index (χ4n) is 3.87. The highest BCUT2D eigenvalue weighted by Crippen LogP contribution is 2.42. The van der Waals surface area contributed by atoms with Gasteiger partial charge in [-0.15, -0.1) is 0 Å². The van der Waals surface area contributed by atoms with Crippen LogP contribution in [-0.2, 0) is 0 Å². The Balaban J connectivity index is 2.86. The largest absolute Gasteiger partial charge is 0.313 e. The zero-order valence-electron chi connectivity index (χ0n) is 15.9. The van der Waals surface area contributed by atoms with Crippen molar-refractivity contribution in [1.29, 1.82) is 0 Å². The molecule has 4 atom stereocenters. The van der Waals surface area contributed by atoms with Gasteiger partial charge in [0.15, 0.2) is 0 Å². The molecule has 21 heavy (non-hydrogen) atoms. The predicted molar refractivity (Wildman–Crippen MR) is 94.7 cm³/mol. The first-order valence-electron chi connectivity index (χ1n) is 9.19. The third-order valence-corrected chi connectivity index (χ3v) is 6.43. The van der Waals surface area contributed by atoms with Gasteiger partial charge in [0, 0.05) is 18.1 Å². The molecule has 0 bridgehead atoms. The van der Waals surface area contributed by atoms with Crippen molar-refractivity contribution in [2.24, 2.45) is 17.3 Å². The summed E-state index contributed by atoms with van der Waals surface area (Å²) in [6, 6.07) is 2.01. The highest BCUT2D eigenvalue weighted by Gasteiger charge is 2.39. The van der Waals surface area contributed by atoms with Crippen LogP contribution in [0.1, 0.15) is 74.1 Å². The lowest BCUT2D eigenvalue weighted by Gasteiger charge is -2.48. The molecule has 0 aromatic rings. The first-order chi connectivity index (χ1) is 9.74. The summed E-state index contributed by atoms with van der Waals surface area (Å²) >= 11 is 0. The number of nitrogens with zero attached hydrogens (tertiary/aromatic N) is 1. The lowest BCUT2D eigenvalue weighted by atomic mass is 9.67. The summed E-state index contributed by atoms with van der Waals surface area (Å²) in [7, 11) is 2.35. The van der Waals surface area contributed by atoms with Crippen molar-refractivity contribution >= 4 is 0 Å². The van der Waals surface area contributed by atoms with Crippen molar-refractivity contribution in [3.05, 3.63) is 0 Å². The Bertz CT molecular complexity index is 298. The molecular formula is C19H40N2. The van der Waals surface area contributed by atoms with Crippen LogP contribution in [0.3, 0.4) is 0 Å². The van der Waals surface area contributed by atoms with Crippen LogP contribution < -0.4 is 5.32 Å². The maximum absolute atomic E-state index is 3.76. The van der Waals surface area contributed by atoms with Crippen molar-refractivity contribution in [2.45, 2.75) is 92.3 Å². The molecule has 1 N–H and O–H groups in total. The molecule has 0 spiro atoms. The second-order valence-electron chi connectivity index (χ2n) is 8.23. The lowest BCUT2D eigenvalue weighted by Crippen LogP contribution is -2.56. The van der Waals surface area contributed by atoms with Crippen LogP contribution in [0.4, 0.5) is 0 Å². The molecule has 1 aliphatic rings. The maximum Gasteiger partial charge on any atom is 0.0252 e. The Kier molecular flexibility index (Phi) is 7.19. The average molecular weight is 297 g/mol. The first kappa shape index (κ1) is 19.0. The Morgan fingerprint density at radius 3 is 2.24 bits per heavy atom. The molecule has 0 saturated heterocycles. The van der Waals surface area contributed by atoms with Crippen molar-refractivity contribution in [3.8, 4) is 0 Å². The first-order valence-corrected chi connectivity index (χ1v) is 9.19. The highest BCUT2D eigenvalue weighted by molar-refractivity contribution is 4.95. The molecule has 1 fully saturated rings. The number of hydrogen-bond acceptors (Lipinski definition) is 2. The second-order valence-corrected chi connectivity index (χ2v) is 8.23. The molecule has 0 aliphatic heterocycles. The van der Waals surface area contributed by atoms with Gasteiger partial charge in [0.25, 0.3) is 0 Å². The van der Waals surface area contributed by atoms with E-state index in [1.165, 1.54) is 25.7 Å². The summed E-state index contributed by atoms with van der Waals surface area (Å²) in [5, 5.41) is 3.76. The summed E-state index contributed by atoms with van der Waals surface area (Å²) in [6.07, 6.45) is 5.37. The molecule has 0 aromatic carbocycles. The van der Waals surface area contributed by atoms with Crippen LogP contribution in [-0.4, -0.2) is 36.6 Å². The smallest absolute Gasteiger partial charge is 0.0252 e. The van der Waals surface area contributed by atoms with Crippen molar-refractivity contribution in [3.63, 3.8) is 0 Å². The molecule has 0 aromatic heterocycles. The van der Waals surface area contributed by atoms with Gasteiger partial charge in [-0.05, 0) is 57.0 Å². The molecule has 1 aliphatic carbocycles. The van der Waals surface area contributed by atoms with E-state index in [-0.39, 0.29) is 0 Å². The predicted octanol–water partition coefficient (Wildman–Crippen LogP) is 4.55. The van der Waals surface area contributed by atoms with Gasteiger partial charge in [0.2, 0.25) is 0 Å². The van der Waals surface area contributed by atoms with Crippen LogP contribution in [0.25, 0.3) is 0 Å². The number of rotatable bonds is 7. The van der Waals surface area contributed by atoms with Crippen LogP contribution in [0.15, 0.2) is 0 Å². The molecule has 126 valence electrons. The molecular weight excluding hydrogens is 256 g/mol. The van der Waals surface area contributed by atoms with E-state index in [1.807, 2.05) is 0 Å². The Labute approximate surface area is 134 Å². The second kappa shape index (κ2) is 7.97. The molecule has 0 amide bonds. The highest BCUT2D eigenvalue weighted by atomic mass is 15.2. The fraction of sp³-hybridized carbons (Fsp3) is 1.00. The van der Waals surface area contributed by atoms with E-state index in [1.54, 1.807) is 0 Å². The standard InChI is InChI=1S/C19H40N2/c1-9-19(6,7)16-11-12-17(20-10-2)18(13-16)21(8)15(5)14(3)4/h14-18,20H,9-13H2,1-8H3. The molecule has 0 heterocycles. The van der Waals surface area contributed by atoms with Gasteiger partial charge < -0.3 is 5.32 Å². The Morgan fingerprint density at radius 2 is 1.76 bits per heavy atom. The van der Waals surface area contributed by atoms with Gasteiger partial charge >= 0.3 is 0 Å². The number of likely N-dealkylation sites (N-methyl/N-ethyl adjacent to an activating group) is 2. The van der Waals surface area contributed by atoms with E-state index in [9.17, 15) is 0 Å². The number of hydrogen-bond donors (Lipinski definition) is 1. The maximum atomic E-state index is 3.76. The van der Waals surface area contributed by atoms with Crippen LogP contribution in [0, 0.1) is 17.3 Å². The summed E-state index contributed by atoms with van der Waals surface area (Å²) in [5.74, 6) is 1.58. The van der Waals surface area contributed by atoms with Gasteiger partial charge in [-0.1, -0.05) is 48.0 Å². The molecule has 4 unspecified atom stereocenters. The summed E-state index contributed by atoms with van der Waals surface area (Å²) in [5.41, 5.74) is 0.483. The van der Waals surface area contributed by atoms with E-state index in [0.29, 0.717) is 23.5 Å². The van der Waals surface area contributed by atoms with Gasteiger partial charge in [-0.25, -0.2) is 0 Å². The summed E-state index contributed by atoms with van der Waals surface area (Å²) in [6.45, 7) is 17.7. The Hall–Kier alpha value is -0.0800. The summed E-state index contributed by atoms with van der Waals surface area (Å²) < 4.78 is 0. The van der Waals surface area contributed by atoms with Gasteiger partial charge in [0.1, 0.15) is 0 Å². The van der Waals surface area contributed by atoms with Gasteiger partial charge in [0.05, 0.1) is 0 Å². The monoisotopic (exact) mass is 296 g/mol. The topological polar surface area (TPSA) is 15.3 Å². The zero-order valence-corrected chi connectivity index (χ0v) is 15.9. The summed E-state index contributed by atoms with van der Waals surface area (Å²) in [4.78, 5) is 2.66. The van der Waals surface area contributed by atoms with E-state index in [0.717, 1.165) is 18.4 Å². The third kappa shape index (κ3) is 4.69. The van der Waals surface area contributed by atoms with Crippen molar-refractivity contribution < 1.29 is 0 Å². The van der Waals surface area contributed by atoms with Crippen LogP contribution in [0.5, 0.6) is 0 Å². The normalized spacial score (nSPS) is 29.1. The van der Waals surface area contributed by atoms with E-state index < -0.39 is 0 Å². The average Bonchev–Trinajstić information content (AvgIpc) is 2.46. The minimum absolute atomic E-state index is 0.483. The minimum Gasteiger partial charge on any atom is -0.313 e. The molecule has 2 heteroatoms. The molecule has 2 nitrogen and oxygen atoms in total. The lowest BCUT2D eigenvalue weighted by molar-refractivity contribution is 0.0360. The molecule has 0 radical (unpaired) electrons. The number of nitrogens with one attached hydrogen (secondary N) is 1. The molecule has 1 saturated carbocycles. The fourth-order valence-corrected chi connectivity index (χ4v) is 3.87. The Morgan fingerprint density at radius 1 is 1.14 bits per heavy atom. The molecule has 1 rings (SSSR count). The van der Waals surface area contributed by atoms with Gasteiger partial charge in [-0.3, -0.25) is 4.90 Å². The van der Waals surface area contributed by atoms with Crippen LogP contribution >= 0.6 is 0 Å². The van der Waals surface area contributed by atoms with E-state index in [2.05, 4.69) is 65.7 Å². The van der Waals surface area contributed by atoms with Crippen LogP contribution in [0.2, 0.25) is 0 Å². The van der Waals surface area contributed by atoms with E-state index >= 15 is 0 Å². The van der Waals surface area contributed by atoms with Gasteiger partial charge in [-0.2, -0.15) is 0 Å². The minimum atomic E-state index is 0.483. The zero-order chi connectivity index (χ0) is 16.2.